The Bertz CT molecular complexity index is 558. The minimum absolute atomic E-state index is 0.0983. The van der Waals surface area contributed by atoms with Crippen LogP contribution in [0, 0.1) is 0 Å². The molecule has 128 valence electrons. The molecule has 0 aromatic heterocycles. The number of nitrogens with two attached hydrogens (primary N) is 1. The summed E-state index contributed by atoms with van der Waals surface area (Å²) < 4.78 is 10.7. The van der Waals surface area contributed by atoms with Gasteiger partial charge in [0.25, 0.3) is 0 Å². The summed E-state index contributed by atoms with van der Waals surface area (Å²) in [5.41, 5.74) is 7.28. The summed E-state index contributed by atoms with van der Waals surface area (Å²) in [5, 5.41) is 2.88. The zero-order valence-electron chi connectivity index (χ0n) is 14.6. The van der Waals surface area contributed by atoms with Crippen LogP contribution < -0.4 is 15.8 Å². The summed E-state index contributed by atoms with van der Waals surface area (Å²) in [6.45, 7) is 6.10. The highest BCUT2D eigenvalue weighted by atomic mass is 16.6. The van der Waals surface area contributed by atoms with Gasteiger partial charge < -0.3 is 15.2 Å². The van der Waals surface area contributed by atoms with Crippen molar-refractivity contribution in [3.63, 3.8) is 0 Å². The van der Waals surface area contributed by atoms with Gasteiger partial charge in [0.1, 0.15) is 11.4 Å². The maximum absolute atomic E-state index is 12.1. The third-order valence-corrected chi connectivity index (χ3v) is 4.39. The van der Waals surface area contributed by atoms with Crippen LogP contribution in [0.1, 0.15) is 52.0 Å². The van der Waals surface area contributed by atoms with Gasteiger partial charge in [-0.1, -0.05) is 12.8 Å². The highest BCUT2D eigenvalue weighted by Gasteiger charge is 2.37. The minimum atomic E-state index is -0.532. The molecule has 0 radical (unpaired) electrons. The lowest BCUT2D eigenvalue weighted by Gasteiger charge is -2.31. The van der Waals surface area contributed by atoms with Crippen molar-refractivity contribution in [2.24, 2.45) is 5.73 Å². The molecule has 1 fully saturated rings. The first kappa shape index (κ1) is 17.6. The fourth-order valence-corrected chi connectivity index (χ4v) is 3.25. The molecule has 0 unspecified atom stereocenters. The van der Waals surface area contributed by atoms with Gasteiger partial charge in [0.2, 0.25) is 0 Å². The smallest absolute Gasteiger partial charge is 0.412 e. The van der Waals surface area contributed by atoms with E-state index >= 15 is 0 Å². The number of ether oxygens (including phenoxy) is 2. The molecule has 1 aromatic rings. The van der Waals surface area contributed by atoms with E-state index in [0.29, 0.717) is 6.54 Å². The summed E-state index contributed by atoms with van der Waals surface area (Å²) in [7, 11) is 1.64. The van der Waals surface area contributed by atoms with Crippen LogP contribution in [0.3, 0.4) is 0 Å². The van der Waals surface area contributed by atoms with Gasteiger partial charge in [-0.15, -0.1) is 0 Å². The number of anilines is 1. The molecule has 0 spiro atoms. The van der Waals surface area contributed by atoms with Gasteiger partial charge in [-0.05, 0) is 57.4 Å². The molecule has 5 nitrogen and oxygen atoms in total. The predicted octanol–water partition coefficient (Wildman–Crippen LogP) is 3.81. The Labute approximate surface area is 138 Å². The lowest BCUT2D eigenvalue weighted by atomic mass is 9.78. The first-order valence-corrected chi connectivity index (χ1v) is 8.18. The monoisotopic (exact) mass is 320 g/mol. The van der Waals surface area contributed by atoms with E-state index in [9.17, 15) is 4.79 Å². The second kappa shape index (κ2) is 6.79. The third kappa shape index (κ3) is 4.16. The fourth-order valence-electron chi connectivity index (χ4n) is 3.25. The van der Waals surface area contributed by atoms with Crippen molar-refractivity contribution < 1.29 is 14.3 Å². The Kier molecular flexibility index (Phi) is 5.19. The van der Waals surface area contributed by atoms with Crippen molar-refractivity contribution in [3.8, 4) is 5.75 Å². The van der Waals surface area contributed by atoms with Crippen molar-refractivity contribution in [2.75, 3.05) is 19.0 Å². The summed E-state index contributed by atoms with van der Waals surface area (Å²) >= 11 is 0. The average Bonchev–Trinajstić information content (AvgIpc) is 2.95. The molecule has 0 aliphatic heterocycles. The molecule has 1 amide bonds. The highest BCUT2D eigenvalue weighted by Crippen LogP contribution is 2.44. The van der Waals surface area contributed by atoms with Gasteiger partial charge >= 0.3 is 6.09 Å². The van der Waals surface area contributed by atoms with Crippen LogP contribution in [0.5, 0.6) is 5.75 Å². The number of hydrogen-bond acceptors (Lipinski definition) is 4. The van der Waals surface area contributed by atoms with Crippen LogP contribution in [-0.2, 0) is 10.2 Å². The van der Waals surface area contributed by atoms with Crippen molar-refractivity contribution in [2.45, 2.75) is 57.5 Å². The SMILES string of the molecule is COc1ccc(NC(=O)OC(C)(C)C)c(C2(CN)CCCC2)c1. The number of amides is 1. The summed E-state index contributed by atoms with van der Waals surface area (Å²) in [5.74, 6) is 0.773. The van der Waals surface area contributed by atoms with Gasteiger partial charge in [0, 0.05) is 17.6 Å². The van der Waals surface area contributed by atoms with Crippen molar-refractivity contribution in [1.82, 2.24) is 0 Å². The van der Waals surface area contributed by atoms with E-state index in [1.54, 1.807) is 7.11 Å². The largest absolute Gasteiger partial charge is 0.497 e. The Morgan fingerprint density at radius 2 is 1.96 bits per heavy atom. The maximum atomic E-state index is 12.1. The summed E-state index contributed by atoms with van der Waals surface area (Å²) in [6.07, 6.45) is 3.91. The second-order valence-electron chi connectivity index (χ2n) is 7.23. The molecule has 2 rings (SSSR count). The zero-order valence-corrected chi connectivity index (χ0v) is 14.6. The highest BCUT2D eigenvalue weighted by molar-refractivity contribution is 5.86. The van der Waals surface area contributed by atoms with Crippen LogP contribution in [0.25, 0.3) is 0 Å². The molecule has 0 atom stereocenters. The van der Waals surface area contributed by atoms with E-state index in [1.165, 1.54) is 0 Å². The molecule has 0 heterocycles. The number of rotatable bonds is 4. The molecule has 1 aromatic carbocycles. The second-order valence-corrected chi connectivity index (χ2v) is 7.23. The van der Waals surface area contributed by atoms with Crippen LogP contribution in [0.2, 0.25) is 0 Å². The van der Waals surface area contributed by atoms with Gasteiger partial charge in [0.15, 0.2) is 0 Å². The maximum Gasteiger partial charge on any atom is 0.412 e. The van der Waals surface area contributed by atoms with Crippen LogP contribution in [-0.4, -0.2) is 25.3 Å². The molecule has 5 heteroatoms. The number of nitrogens with one attached hydrogen (secondary N) is 1. The molecule has 3 N–H and O–H groups in total. The lowest BCUT2D eigenvalue weighted by Crippen LogP contribution is -2.34. The first-order valence-electron chi connectivity index (χ1n) is 8.18. The van der Waals surface area contributed by atoms with Gasteiger partial charge in [-0.2, -0.15) is 0 Å². The van der Waals surface area contributed by atoms with E-state index in [1.807, 2.05) is 39.0 Å². The molecular weight excluding hydrogens is 292 g/mol. The Morgan fingerprint density at radius 1 is 1.30 bits per heavy atom. The number of hydrogen-bond donors (Lipinski definition) is 2. The zero-order chi connectivity index (χ0) is 17.1. The standard InChI is InChI=1S/C18H28N2O3/c1-17(2,3)23-16(21)20-15-8-7-13(22-4)11-14(15)18(12-19)9-5-6-10-18/h7-8,11H,5-6,9-10,12,19H2,1-4H3,(H,20,21). The van der Waals surface area contributed by atoms with Crippen molar-refractivity contribution in [1.29, 1.82) is 0 Å². The Morgan fingerprint density at radius 3 is 2.48 bits per heavy atom. The molecule has 0 bridgehead atoms. The Hall–Kier alpha value is -1.75. The normalized spacial score (nSPS) is 16.9. The first-order chi connectivity index (χ1) is 10.8. The third-order valence-electron chi connectivity index (χ3n) is 4.39. The minimum Gasteiger partial charge on any atom is -0.497 e. The number of benzene rings is 1. The fraction of sp³-hybridized carbons (Fsp3) is 0.611. The predicted molar refractivity (Wildman–Crippen MR) is 92.1 cm³/mol. The van der Waals surface area contributed by atoms with E-state index < -0.39 is 11.7 Å². The summed E-state index contributed by atoms with van der Waals surface area (Å²) in [6, 6.07) is 5.70. The van der Waals surface area contributed by atoms with Crippen LogP contribution in [0.15, 0.2) is 18.2 Å². The van der Waals surface area contributed by atoms with Crippen molar-refractivity contribution in [3.05, 3.63) is 23.8 Å². The van der Waals surface area contributed by atoms with Gasteiger partial charge in [-0.25, -0.2) is 4.79 Å². The number of carbonyl (C=O) groups is 1. The van der Waals surface area contributed by atoms with Crippen LogP contribution in [0.4, 0.5) is 10.5 Å². The van der Waals surface area contributed by atoms with Gasteiger partial charge in [0.05, 0.1) is 7.11 Å². The lowest BCUT2D eigenvalue weighted by molar-refractivity contribution is 0.0635. The van der Waals surface area contributed by atoms with Gasteiger partial charge in [-0.3, -0.25) is 5.32 Å². The molecule has 23 heavy (non-hydrogen) atoms. The average molecular weight is 320 g/mol. The number of carbonyl (C=O) groups excluding carboxylic acids is 1. The van der Waals surface area contributed by atoms with E-state index in [0.717, 1.165) is 42.7 Å². The van der Waals surface area contributed by atoms with E-state index in [2.05, 4.69) is 5.32 Å². The summed E-state index contributed by atoms with van der Waals surface area (Å²) in [4.78, 5) is 12.1. The molecule has 1 aliphatic carbocycles. The molecule has 1 saturated carbocycles. The van der Waals surface area contributed by atoms with E-state index in [4.69, 9.17) is 15.2 Å². The molecular formula is C18H28N2O3. The Balaban J connectivity index is 2.34. The quantitative estimate of drug-likeness (QED) is 0.884. The molecule has 1 aliphatic rings. The van der Waals surface area contributed by atoms with Crippen LogP contribution >= 0.6 is 0 Å². The van der Waals surface area contributed by atoms with E-state index in [-0.39, 0.29) is 5.41 Å². The molecule has 0 saturated heterocycles. The topological polar surface area (TPSA) is 73.6 Å². The number of methoxy groups -OCH3 is 1. The van der Waals surface area contributed by atoms with Crippen molar-refractivity contribution >= 4 is 11.8 Å².